The fourth-order valence-corrected chi connectivity index (χ4v) is 3.29. The van der Waals surface area contributed by atoms with Crippen LogP contribution in [0.2, 0.25) is 0 Å². The maximum absolute atomic E-state index is 10.9. The van der Waals surface area contributed by atoms with Gasteiger partial charge in [-0.2, -0.15) is 0 Å². The van der Waals surface area contributed by atoms with Crippen LogP contribution in [-0.4, -0.2) is 48.0 Å². The van der Waals surface area contributed by atoms with E-state index in [4.69, 9.17) is 16.2 Å². The van der Waals surface area contributed by atoms with Crippen LogP contribution in [0.25, 0.3) is 0 Å². The molecule has 26 heavy (non-hydrogen) atoms. The molecule has 0 aliphatic carbocycles. The summed E-state index contributed by atoms with van der Waals surface area (Å²) in [6.07, 6.45) is 0.0673. The lowest BCUT2D eigenvalue weighted by Crippen LogP contribution is -2.46. The Kier molecular flexibility index (Phi) is 5.53. The van der Waals surface area contributed by atoms with Gasteiger partial charge in [-0.25, -0.2) is 0 Å². The highest BCUT2D eigenvalue weighted by molar-refractivity contribution is 5.95. The maximum Gasteiger partial charge on any atom is 0.307 e. The van der Waals surface area contributed by atoms with Gasteiger partial charge in [0, 0.05) is 44.0 Å². The van der Waals surface area contributed by atoms with Crippen LogP contribution in [0.1, 0.15) is 16.7 Å². The second-order valence-electron chi connectivity index (χ2n) is 6.61. The molecule has 6 nitrogen and oxygen atoms in total. The van der Waals surface area contributed by atoms with Crippen LogP contribution in [0.5, 0.6) is 0 Å². The van der Waals surface area contributed by atoms with E-state index >= 15 is 0 Å². The van der Waals surface area contributed by atoms with Crippen molar-refractivity contribution in [2.75, 3.05) is 31.1 Å². The van der Waals surface area contributed by atoms with Crippen LogP contribution in [0, 0.1) is 5.41 Å². The molecule has 0 aromatic heterocycles. The zero-order valence-corrected chi connectivity index (χ0v) is 14.7. The highest BCUT2D eigenvalue weighted by Crippen LogP contribution is 2.18. The van der Waals surface area contributed by atoms with Gasteiger partial charge in [0.2, 0.25) is 0 Å². The van der Waals surface area contributed by atoms with Gasteiger partial charge in [-0.1, -0.05) is 24.3 Å². The molecule has 2 aromatic rings. The van der Waals surface area contributed by atoms with E-state index in [9.17, 15) is 4.79 Å². The number of amidine groups is 1. The van der Waals surface area contributed by atoms with Crippen molar-refractivity contribution in [2.45, 2.75) is 13.0 Å². The first-order chi connectivity index (χ1) is 12.5. The molecule has 1 aliphatic heterocycles. The summed E-state index contributed by atoms with van der Waals surface area (Å²) in [6, 6.07) is 15.6. The molecular weight excluding hydrogens is 328 g/mol. The fraction of sp³-hybridized carbons (Fsp3) is 0.300. The molecule has 3 rings (SSSR count). The standard InChI is InChI=1S/C20H24N4O2/c21-20(22)17-4-6-18(7-5-17)24-10-8-23(9-11-24)14-16-3-1-2-15(12-16)13-19(25)26/h1-7,12H,8-11,13-14H2,(H3,21,22)(H,25,26). The molecule has 136 valence electrons. The summed E-state index contributed by atoms with van der Waals surface area (Å²) in [4.78, 5) is 15.6. The van der Waals surface area contributed by atoms with Crippen molar-refractivity contribution < 1.29 is 9.90 Å². The number of carboxylic acid groups (broad SMARTS) is 1. The SMILES string of the molecule is N=C(N)c1ccc(N2CCN(Cc3cccc(CC(=O)O)c3)CC2)cc1. The molecule has 6 heteroatoms. The number of rotatable bonds is 6. The second kappa shape index (κ2) is 8.01. The predicted molar refractivity (Wildman–Crippen MR) is 103 cm³/mol. The number of carbonyl (C=O) groups is 1. The van der Waals surface area contributed by atoms with Gasteiger partial charge >= 0.3 is 5.97 Å². The van der Waals surface area contributed by atoms with Gasteiger partial charge < -0.3 is 15.7 Å². The Morgan fingerprint density at radius 1 is 1.04 bits per heavy atom. The van der Waals surface area contributed by atoms with Crippen LogP contribution in [0.15, 0.2) is 48.5 Å². The predicted octanol–water partition coefficient (Wildman–Crippen LogP) is 1.92. The number of nitrogens with two attached hydrogens (primary N) is 1. The van der Waals surface area contributed by atoms with Gasteiger partial charge in [-0.05, 0) is 35.4 Å². The molecule has 0 radical (unpaired) electrons. The fourth-order valence-electron chi connectivity index (χ4n) is 3.29. The van der Waals surface area contributed by atoms with Gasteiger partial charge in [0.1, 0.15) is 5.84 Å². The number of nitrogens with one attached hydrogen (secondary N) is 1. The second-order valence-corrected chi connectivity index (χ2v) is 6.61. The summed E-state index contributed by atoms with van der Waals surface area (Å²) < 4.78 is 0. The van der Waals surface area contributed by atoms with Crippen molar-refractivity contribution in [1.82, 2.24) is 4.90 Å². The number of hydrogen-bond acceptors (Lipinski definition) is 4. The number of hydrogen-bond donors (Lipinski definition) is 3. The van der Waals surface area contributed by atoms with E-state index in [0.29, 0.717) is 0 Å². The van der Waals surface area contributed by atoms with E-state index in [1.165, 1.54) is 0 Å². The quantitative estimate of drug-likeness (QED) is 0.545. The Labute approximate surface area is 153 Å². The smallest absolute Gasteiger partial charge is 0.307 e. The van der Waals surface area contributed by atoms with Crippen molar-refractivity contribution in [3.63, 3.8) is 0 Å². The highest BCUT2D eigenvalue weighted by atomic mass is 16.4. The van der Waals surface area contributed by atoms with Crippen LogP contribution < -0.4 is 10.6 Å². The van der Waals surface area contributed by atoms with Crippen LogP contribution >= 0.6 is 0 Å². The van der Waals surface area contributed by atoms with E-state index in [2.05, 4.69) is 15.9 Å². The molecule has 1 saturated heterocycles. The minimum Gasteiger partial charge on any atom is -0.481 e. The zero-order chi connectivity index (χ0) is 18.5. The summed E-state index contributed by atoms with van der Waals surface area (Å²) >= 11 is 0. The molecule has 0 spiro atoms. The number of nitrogens with zero attached hydrogens (tertiary/aromatic N) is 2. The molecule has 0 unspecified atom stereocenters. The number of nitrogen functional groups attached to an aromatic ring is 1. The summed E-state index contributed by atoms with van der Waals surface area (Å²) in [5.41, 5.74) is 9.40. The van der Waals surface area contributed by atoms with E-state index in [-0.39, 0.29) is 12.3 Å². The monoisotopic (exact) mass is 352 g/mol. The Hall–Kier alpha value is -2.86. The molecule has 2 aromatic carbocycles. The number of piperazine rings is 1. The van der Waals surface area contributed by atoms with Gasteiger partial charge in [0.25, 0.3) is 0 Å². The van der Waals surface area contributed by atoms with Crippen molar-refractivity contribution in [1.29, 1.82) is 5.41 Å². The Bertz CT molecular complexity index is 781. The molecule has 1 heterocycles. The first-order valence-corrected chi connectivity index (χ1v) is 8.72. The third-order valence-electron chi connectivity index (χ3n) is 4.67. The largest absolute Gasteiger partial charge is 0.481 e. The summed E-state index contributed by atoms with van der Waals surface area (Å²) in [5, 5.41) is 16.4. The van der Waals surface area contributed by atoms with Crippen molar-refractivity contribution >= 4 is 17.5 Å². The lowest BCUT2D eigenvalue weighted by molar-refractivity contribution is -0.136. The van der Waals surface area contributed by atoms with E-state index < -0.39 is 5.97 Å². The van der Waals surface area contributed by atoms with Gasteiger partial charge in [-0.15, -0.1) is 0 Å². The zero-order valence-electron chi connectivity index (χ0n) is 14.7. The van der Waals surface area contributed by atoms with Gasteiger partial charge in [0.15, 0.2) is 0 Å². The Morgan fingerprint density at radius 2 is 1.69 bits per heavy atom. The third-order valence-corrected chi connectivity index (χ3v) is 4.67. The minimum atomic E-state index is -0.799. The summed E-state index contributed by atoms with van der Waals surface area (Å²) in [5.74, 6) is -0.710. The first kappa shape index (κ1) is 17.9. The number of benzene rings is 2. The first-order valence-electron chi connectivity index (χ1n) is 8.72. The lowest BCUT2D eigenvalue weighted by atomic mass is 10.1. The van der Waals surface area contributed by atoms with Crippen LogP contribution in [0.4, 0.5) is 5.69 Å². The average Bonchev–Trinajstić information content (AvgIpc) is 2.62. The molecule has 1 fully saturated rings. The van der Waals surface area contributed by atoms with Crippen molar-refractivity contribution in [3.8, 4) is 0 Å². The molecule has 4 N–H and O–H groups in total. The minimum absolute atomic E-state index is 0.0673. The van der Waals surface area contributed by atoms with Crippen LogP contribution in [0.3, 0.4) is 0 Å². The number of anilines is 1. The van der Waals surface area contributed by atoms with Crippen molar-refractivity contribution in [3.05, 3.63) is 65.2 Å². The molecule has 0 atom stereocenters. The molecule has 0 saturated carbocycles. The van der Waals surface area contributed by atoms with Crippen molar-refractivity contribution in [2.24, 2.45) is 5.73 Å². The van der Waals surface area contributed by atoms with E-state index in [0.717, 1.165) is 55.1 Å². The van der Waals surface area contributed by atoms with E-state index in [1.807, 2.05) is 42.5 Å². The topological polar surface area (TPSA) is 93.7 Å². The average molecular weight is 352 g/mol. The molecule has 0 amide bonds. The third kappa shape index (κ3) is 4.61. The van der Waals surface area contributed by atoms with E-state index in [1.54, 1.807) is 0 Å². The highest BCUT2D eigenvalue weighted by Gasteiger charge is 2.17. The molecule has 0 bridgehead atoms. The Balaban J connectivity index is 1.55. The lowest BCUT2D eigenvalue weighted by Gasteiger charge is -2.36. The normalized spacial score (nSPS) is 15.0. The summed E-state index contributed by atoms with van der Waals surface area (Å²) in [7, 11) is 0. The molecule has 1 aliphatic rings. The number of carboxylic acids is 1. The Morgan fingerprint density at radius 3 is 2.31 bits per heavy atom. The van der Waals surface area contributed by atoms with Crippen LogP contribution in [-0.2, 0) is 17.8 Å². The maximum atomic E-state index is 10.9. The van der Waals surface area contributed by atoms with Gasteiger partial charge in [0.05, 0.1) is 6.42 Å². The van der Waals surface area contributed by atoms with Gasteiger partial charge in [-0.3, -0.25) is 15.1 Å². The number of aliphatic carboxylic acids is 1. The molecular formula is C20H24N4O2. The summed E-state index contributed by atoms with van der Waals surface area (Å²) in [6.45, 7) is 4.63.